The molecule has 0 saturated heterocycles. The summed E-state index contributed by atoms with van der Waals surface area (Å²) in [6.45, 7) is 0.556. The normalized spacial score (nSPS) is 10.3. The number of nitrogens with zero attached hydrogens (tertiary/aromatic N) is 3. The SMILES string of the molecule is NNC(=O)c1nnn(CCc2ccccc2)c1N. The molecule has 1 amide bonds. The van der Waals surface area contributed by atoms with Crippen LogP contribution >= 0.6 is 0 Å². The summed E-state index contributed by atoms with van der Waals surface area (Å²) >= 11 is 0. The van der Waals surface area contributed by atoms with E-state index in [0.717, 1.165) is 12.0 Å². The number of nitrogens with two attached hydrogens (primary N) is 2. The number of hydrazine groups is 1. The first kappa shape index (κ1) is 12.1. The number of anilines is 1. The fourth-order valence-electron chi connectivity index (χ4n) is 1.60. The third kappa shape index (κ3) is 2.46. The van der Waals surface area contributed by atoms with Crippen molar-refractivity contribution in [2.45, 2.75) is 13.0 Å². The number of amides is 1. The lowest BCUT2D eigenvalue weighted by atomic mass is 10.1. The lowest BCUT2D eigenvalue weighted by Gasteiger charge is -2.03. The topological polar surface area (TPSA) is 112 Å². The Morgan fingerprint density at radius 1 is 1.33 bits per heavy atom. The summed E-state index contributed by atoms with van der Waals surface area (Å²) in [5.41, 5.74) is 8.95. The second kappa shape index (κ2) is 5.28. The molecule has 0 unspecified atom stereocenters. The van der Waals surface area contributed by atoms with E-state index in [1.807, 2.05) is 35.8 Å². The summed E-state index contributed by atoms with van der Waals surface area (Å²) < 4.78 is 1.48. The Hall–Kier alpha value is -2.41. The predicted molar refractivity (Wildman–Crippen MR) is 66.2 cm³/mol. The van der Waals surface area contributed by atoms with Gasteiger partial charge in [-0.3, -0.25) is 10.2 Å². The van der Waals surface area contributed by atoms with Crippen LogP contribution in [0.25, 0.3) is 0 Å². The smallest absolute Gasteiger partial charge is 0.289 e. The van der Waals surface area contributed by atoms with E-state index in [-0.39, 0.29) is 11.5 Å². The molecule has 0 bridgehead atoms. The summed E-state index contributed by atoms with van der Waals surface area (Å²) in [4.78, 5) is 11.3. The highest BCUT2D eigenvalue weighted by molar-refractivity contribution is 5.95. The standard InChI is InChI=1S/C11H14N6O/c12-10-9(11(18)14-13)15-16-17(10)7-6-8-4-2-1-3-5-8/h1-5H,6-7,12-13H2,(H,14,18). The Labute approximate surface area is 104 Å². The fraction of sp³-hybridized carbons (Fsp3) is 0.182. The van der Waals surface area contributed by atoms with E-state index in [0.29, 0.717) is 6.54 Å². The van der Waals surface area contributed by atoms with Crippen LogP contribution in [0.15, 0.2) is 30.3 Å². The predicted octanol–water partition coefficient (Wildman–Crippen LogP) is -0.294. The van der Waals surface area contributed by atoms with Crippen molar-refractivity contribution in [1.29, 1.82) is 0 Å². The lowest BCUT2D eigenvalue weighted by Crippen LogP contribution is -2.31. The molecule has 1 aromatic carbocycles. The molecule has 2 rings (SSSR count). The fourth-order valence-corrected chi connectivity index (χ4v) is 1.60. The van der Waals surface area contributed by atoms with Crippen molar-refractivity contribution in [2.24, 2.45) is 5.84 Å². The zero-order valence-electron chi connectivity index (χ0n) is 9.71. The van der Waals surface area contributed by atoms with E-state index >= 15 is 0 Å². The van der Waals surface area contributed by atoms with Gasteiger partial charge in [-0.25, -0.2) is 10.5 Å². The first-order valence-electron chi connectivity index (χ1n) is 5.46. The van der Waals surface area contributed by atoms with Crippen molar-refractivity contribution < 1.29 is 4.79 Å². The van der Waals surface area contributed by atoms with E-state index in [1.165, 1.54) is 4.68 Å². The van der Waals surface area contributed by atoms with Gasteiger partial charge in [0.25, 0.3) is 5.91 Å². The number of aryl methyl sites for hydroxylation is 2. The van der Waals surface area contributed by atoms with Gasteiger partial charge in [-0.15, -0.1) is 5.10 Å². The van der Waals surface area contributed by atoms with Gasteiger partial charge in [0.15, 0.2) is 11.5 Å². The van der Waals surface area contributed by atoms with Gasteiger partial charge in [-0.2, -0.15) is 0 Å². The zero-order valence-corrected chi connectivity index (χ0v) is 9.71. The van der Waals surface area contributed by atoms with E-state index in [2.05, 4.69) is 10.3 Å². The molecule has 0 aliphatic carbocycles. The third-order valence-corrected chi connectivity index (χ3v) is 2.57. The van der Waals surface area contributed by atoms with Crippen molar-refractivity contribution in [3.63, 3.8) is 0 Å². The maximum absolute atomic E-state index is 11.3. The molecule has 0 aliphatic rings. The third-order valence-electron chi connectivity index (χ3n) is 2.57. The average molecular weight is 246 g/mol. The van der Waals surface area contributed by atoms with Gasteiger partial charge in [0.1, 0.15) is 0 Å². The van der Waals surface area contributed by atoms with Crippen LogP contribution in [0.2, 0.25) is 0 Å². The minimum atomic E-state index is -0.543. The van der Waals surface area contributed by atoms with Crippen molar-refractivity contribution >= 4 is 11.7 Å². The summed E-state index contributed by atoms with van der Waals surface area (Å²) in [5, 5.41) is 7.52. The Balaban J connectivity index is 2.07. The summed E-state index contributed by atoms with van der Waals surface area (Å²) in [6.07, 6.45) is 0.762. The van der Waals surface area contributed by atoms with Crippen molar-refractivity contribution in [1.82, 2.24) is 20.4 Å². The number of carbonyl (C=O) groups is 1. The highest BCUT2D eigenvalue weighted by Crippen LogP contribution is 2.09. The molecule has 0 spiro atoms. The number of hydrogen-bond acceptors (Lipinski definition) is 5. The Morgan fingerprint density at radius 2 is 2.06 bits per heavy atom. The summed E-state index contributed by atoms with van der Waals surface area (Å²) in [5.74, 6) is 4.69. The van der Waals surface area contributed by atoms with Crippen molar-refractivity contribution in [3.8, 4) is 0 Å². The number of carbonyl (C=O) groups excluding carboxylic acids is 1. The van der Waals surface area contributed by atoms with Crippen LogP contribution in [0.5, 0.6) is 0 Å². The molecule has 0 atom stereocenters. The molecule has 94 valence electrons. The highest BCUT2D eigenvalue weighted by Gasteiger charge is 2.15. The Kier molecular flexibility index (Phi) is 3.54. The molecule has 7 nitrogen and oxygen atoms in total. The molecular weight excluding hydrogens is 232 g/mol. The molecule has 0 aliphatic heterocycles. The van der Waals surface area contributed by atoms with Crippen molar-refractivity contribution in [2.75, 3.05) is 5.73 Å². The molecule has 7 heteroatoms. The van der Waals surface area contributed by atoms with Crippen LogP contribution in [0.1, 0.15) is 16.1 Å². The van der Waals surface area contributed by atoms with Gasteiger partial charge in [0.05, 0.1) is 0 Å². The number of aromatic nitrogens is 3. The molecular formula is C11H14N6O. The van der Waals surface area contributed by atoms with Gasteiger partial charge in [-0.1, -0.05) is 35.5 Å². The van der Waals surface area contributed by atoms with Gasteiger partial charge < -0.3 is 5.73 Å². The van der Waals surface area contributed by atoms with E-state index in [1.54, 1.807) is 0 Å². The largest absolute Gasteiger partial charge is 0.382 e. The summed E-state index contributed by atoms with van der Waals surface area (Å²) in [6, 6.07) is 9.92. The molecule has 2 aromatic rings. The summed E-state index contributed by atoms with van der Waals surface area (Å²) in [7, 11) is 0. The Bertz CT molecular complexity index is 536. The first-order chi connectivity index (χ1) is 8.72. The number of rotatable bonds is 4. The van der Waals surface area contributed by atoms with Crippen LogP contribution in [-0.2, 0) is 13.0 Å². The van der Waals surface area contributed by atoms with Crippen LogP contribution < -0.4 is 17.0 Å². The van der Waals surface area contributed by atoms with Gasteiger partial charge in [-0.05, 0) is 12.0 Å². The number of nitrogens with one attached hydrogen (secondary N) is 1. The quantitative estimate of drug-likeness (QED) is 0.390. The first-order valence-corrected chi connectivity index (χ1v) is 5.46. The van der Waals surface area contributed by atoms with E-state index < -0.39 is 5.91 Å². The van der Waals surface area contributed by atoms with Crippen LogP contribution in [0.4, 0.5) is 5.82 Å². The maximum atomic E-state index is 11.3. The monoisotopic (exact) mass is 246 g/mol. The van der Waals surface area contributed by atoms with Crippen LogP contribution in [0.3, 0.4) is 0 Å². The van der Waals surface area contributed by atoms with E-state index in [4.69, 9.17) is 11.6 Å². The minimum Gasteiger partial charge on any atom is -0.382 e. The Morgan fingerprint density at radius 3 is 2.72 bits per heavy atom. The van der Waals surface area contributed by atoms with Gasteiger partial charge in [0.2, 0.25) is 0 Å². The molecule has 0 saturated carbocycles. The lowest BCUT2D eigenvalue weighted by molar-refractivity contribution is 0.0949. The van der Waals surface area contributed by atoms with Crippen molar-refractivity contribution in [3.05, 3.63) is 41.6 Å². The average Bonchev–Trinajstić information content (AvgIpc) is 2.78. The maximum Gasteiger partial charge on any atom is 0.289 e. The number of nitrogen functional groups attached to an aromatic ring is 2. The van der Waals surface area contributed by atoms with E-state index in [9.17, 15) is 4.79 Å². The second-order valence-electron chi connectivity index (χ2n) is 3.76. The molecule has 18 heavy (non-hydrogen) atoms. The second-order valence-corrected chi connectivity index (χ2v) is 3.76. The molecule has 1 heterocycles. The van der Waals surface area contributed by atoms with Gasteiger partial charge in [0, 0.05) is 6.54 Å². The molecule has 5 N–H and O–H groups in total. The van der Waals surface area contributed by atoms with Gasteiger partial charge >= 0.3 is 0 Å². The molecule has 1 aromatic heterocycles. The number of hydrogen-bond donors (Lipinski definition) is 3. The van der Waals surface area contributed by atoms with Crippen LogP contribution in [-0.4, -0.2) is 20.9 Å². The zero-order chi connectivity index (χ0) is 13.0. The number of benzene rings is 1. The molecule has 0 radical (unpaired) electrons. The van der Waals surface area contributed by atoms with Crippen LogP contribution in [0, 0.1) is 0 Å². The minimum absolute atomic E-state index is 0.0468. The highest BCUT2D eigenvalue weighted by atomic mass is 16.2. The molecule has 0 fully saturated rings.